The van der Waals surface area contributed by atoms with Crippen LogP contribution in [0.5, 0.6) is 0 Å². The smallest absolute Gasteiger partial charge is 0.274 e. The number of carbonyl (C=O) groups excluding carboxylic acids is 2. The molecule has 150 valence electrons. The van der Waals surface area contributed by atoms with E-state index in [-0.39, 0.29) is 24.3 Å². The molecule has 1 atom stereocenters. The molecular weight excluding hydrogens is 344 g/mol. The van der Waals surface area contributed by atoms with Crippen molar-refractivity contribution in [3.8, 4) is 0 Å². The number of nitrogens with one attached hydrogen (secondary N) is 1. The van der Waals surface area contributed by atoms with Crippen LogP contribution >= 0.6 is 0 Å². The Morgan fingerprint density at radius 2 is 2.11 bits per heavy atom. The van der Waals surface area contributed by atoms with Gasteiger partial charge >= 0.3 is 0 Å². The van der Waals surface area contributed by atoms with Crippen molar-refractivity contribution in [1.82, 2.24) is 20.2 Å². The number of amides is 2. The standard InChI is InChI=1S/C20H32N4O3/c1-3-4-5-6-10-21-19(25)9-11-24(15-17-8-7-12-27-17)20(26)18-14-22-16(2)13-23-18/h13-14,17H,3-12,15H2,1-2H3,(H,21,25). The predicted octanol–water partition coefficient (Wildman–Crippen LogP) is 2.49. The summed E-state index contributed by atoms with van der Waals surface area (Å²) in [6, 6.07) is 0. The second-order valence-corrected chi connectivity index (χ2v) is 7.09. The molecule has 1 saturated heterocycles. The number of nitrogens with zero attached hydrogens (tertiary/aromatic N) is 3. The van der Waals surface area contributed by atoms with Gasteiger partial charge in [-0.15, -0.1) is 0 Å². The van der Waals surface area contributed by atoms with Gasteiger partial charge < -0.3 is 15.0 Å². The lowest BCUT2D eigenvalue weighted by atomic mass is 10.2. The van der Waals surface area contributed by atoms with Crippen molar-refractivity contribution in [2.24, 2.45) is 0 Å². The van der Waals surface area contributed by atoms with Gasteiger partial charge in [-0.3, -0.25) is 14.6 Å². The second-order valence-electron chi connectivity index (χ2n) is 7.09. The van der Waals surface area contributed by atoms with E-state index in [2.05, 4.69) is 22.2 Å². The topological polar surface area (TPSA) is 84.4 Å². The highest BCUT2D eigenvalue weighted by Gasteiger charge is 2.24. The summed E-state index contributed by atoms with van der Waals surface area (Å²) in [5.74, 6) is -0.222. The van der Waals surface area contributed by atoms with Crippen molar-refractivity contribution in [1.29, 1.82) is 0 Å². The number of unbranched alkanes of at least 4 members (excludes halogenated alkanes) is 3. The molecule has 0 aliphatic carbocycles. The summed E-state index contributed by atoms with van der Waals surface area (Å²) in [5, 5.41) is 2.94. The van der Waals surface area contributed by atoms with E-state index >= 15 is 0 Å². The average Bonchev–Trinajstić information content (AvgIpc) is 3.18. The monoisotopic (exact) mass is 376 g/mol. The minimum atomic E-state index is -0.200. The number of ether oxygens (including phenoxy) is 1. The maximum atomic E-state index is 12.8. The van der Waals surface area contributed by atoms with Gasteiger partial charge in [-0.25, -0.2) is 4.98 Å². The Hall–Kier alpha value is -2.02. The summed E-state index contributed by atoms with van der Waals surface area (Å²) in [7, 11) is 0. The van der Waals surface area contributed by atoms with Gasteiger partial charge in [-0.2, -0.15) is 0 Å². The summed E-state index contributed by atoms with van der Waals surface area (Å²) in [4.78, 5) is 34.9. The first-order valence-corrected chi connectivity index (χ1v) is 10.1. The van der Waals surface area contributed by atoms with Crippen molar-refractivity contribution in [2.75, 3.05) is 26.2 Å². The van der Waals surface area contributed by atoms with E-state index in [0.29, 0.717) is 25.3 Å². The normalized spacial score (nSPS) is 16.3. The van der Waals surface area contributed by atoms with Gasteiger partial charge in [0.2, 0.25) is 5.91 Å². The zero-order chi connectivity index (χ0) is 19.5. The Bertz CT molecular complexity index is 585. The Balaban J connectivity index is 1.86. The van der Waals surface area contributed by atoms with Crippen molar-refractivity contribution in [3.63, 3.8) is 0 Å². The molecule has 2 heterocycles. The lowest BCUT2D eigenvalue weighted by Crippen LogP contribution is -2.40. The Morgan fingerprint density at radius 1 is 1.26 bits per heavy atom. The van der Waals surface area contributed by atoms with Crippen LogP contribution in [0.15, 0.2) is 12.4 Å². The minimum Gasteiger partial charge on any atom is -0.376 e. The molecule has 0 saturated carbocycles. The fourth-order valence-corrected chi connectivity index (χ4v) is 3.08. The van der Waals surface area contributed by atoms with E-state index in [9.17, 15) is 9.59 Å². The lowest BCUT2D eigenvalue weighted by Gasteiger charge is -2.25. The summed E-state index contributed by atoms with van der Waals surface area (Å²) in [5.41, 5.74) is 1.07. The predicted molar refractivity (Wildman–Crippen MR) is 103 cm³/mol. The largest absolute Gasteiger partial charge is 0.376 e. The van der Waals surface area contributed by atoms with Crippen LogP contribution in [0.1, 0.15) is 68.1 Å². The fourth-order valence-electron chi connectivity index (χ4n) is 3.08. The highest BCUT2D eigenvalue weighted by atomic mass is 16.5. The van der Waals surface area contributed by atoms with Crippen LogP contribution in [0, 0.1) is 6.92 Å². The second kappa shape index (κ2) is 11.6. The Kier molecular flexibility index (Phi) is 9.18. The van der Waals surface area contributed by atoms with E-state index in [1.807, 2.05) is 6.92 Å². The van der Waals surface area contributed by atoms with Gasteiger partial charge in [0.15, 0.2) is 0 Å². The molecule has 2 amide bonds. The third kappa shape index (κ3) is 7.62. The molecular formula is C20H32N4O3. The summed E-state index contributed by atoms with van der Waals surface area (Å²) >= 11 is 0. The van der Waals surface area contributed by atoms with Crippen LogP contribution in [0.3, 0.4) is 0 Å². The van der Waals surface area contributed by atoms with Gasteiger partial charge in [0.1, 0.15) is 5.69 Å². The third-order valence-corrected chi connectivity index (χ3v) is 4.70. The molecule has 0 radical (unpaired) electrons. The van der Waals surface area contributed by atoms with Crippen molar-refractivity contribution in [2.45, 2.75) is 64.9 Å². The molecule has 1 aromatic rings. The number of carbonyl (C=O) groups is 2. The molecule has 7 heteroatoms. The number of hydrogen-bond acceptors (Lipinski definition) is 5. The number of aryl methyl sites for hydroxylation is 1. The average molecular weight is 377 g/mol. The molecule has 0 aromatic carbocycles. The van der Waals surface area contributed by atoms with E-state index in [4.69, 9.17) is 4.74 Å². The first-order valence-electron chi connectivity index (χ1n) is 10.1. The van der Waals surface area contributed by atoms with Gasteiger partial charge in [-0.1, -0.05) is 26.2 Å². The van der Waals surface area contributed by atoms with Crippen molar-refractivity contribution >= 4 is 11.8 Å². The Morgan fingerprint density at radius 3 is 2.78 bits per heavy atom. The highest BCUT2D eigenvalue weighted by Crippen LogP contribution is 2.15. The van der Waals surface area contributed by atoms with Crippen molar-refractivity contribution in [3.05, 3.63) is 23.8 Å². The van der Waals surface area contributed by atoms with Gasteiger partial charge in [0.05, 0.1) is 18.0 Å². The maximum Gasteiger partial charge on any atom is 0.274 e. The molecule has 1 aliphatic heterocycles. The molecule has 0 spiro atoms. The number of aromatic nitrogens is 2. The maximum absolute atomic E-state index is 12.8. The van der Waals surface area contributed by atoms with Gasteiger partial charge in [0.25, 0.3) is 5.91 Å². The SMILES string of the molecule is CCCCCCNC(=O)CCN(CC1CCCO1)C(=O)c1cnc(C)cn1. The summed E-state index contributed by atoms with van der Waals surface area (Å²) in [6.07, 6.45) is 9.84. The van der Waals surface area contributed by atoms with Crippen LogP contribution in [0.4, 0.5) is 0 Å². The molecule has 1 aromatic heterocycles. The van der Waals surface area contributed by atoms with Crippen LogP contribution in [-0.4, -0.2) is 59.0 Å². The zero-order valence-electron chi connectivity index (χ0n) is 16.6. The quantitative estimate of drug-likeness (QED) is 0.600. The van der Waals surface area contributed by atoms with E-state index in [1.165, 1.54) is 19.0 Å². The Labute approximate surface area is 161 Å². The van der Waals surface area contributed by atoms with Crippen molar-refractivity contribution < 1.29 is 14.3 Å². The molecule has 1 aliphatic rings. The molecule has 1 unspecified atom stereocenters. The lowest BCUT2D eigenvalue weighted by molar-refractivity contribution is -0.121. The molecule has 7 nitrogen and oxygen atoms in total. The summed E-state index contributed by atoms with van der Waals surface area (Å²) < 4.78 is 5.67. The van der Waals surface area contributed by atoms with Crippen LogP contribution in [0.2, 0.25) is 0 Å². The van der Waals surface area contributed by atoms with E-state index in [1.54, 1.807) is 11.1 Å². The van der Waals surface area contributed by atoms with Crippen LogP contribution in [0.25, 0.3) is 0 Å². The van der Waals surface area contributed by atoms with E-state index < -0.39 is 0 Å². The first-order chi connectivity index (χ1) is 13.1. The van der Waals surface area contributed by atoms with Crippen LogP contribution < -0.4 is 5.32 Å². The van der Waals surface area contributed by atoms with Gasteiger partial charge in [0, 0.05) is 38.9 Å². The third-order valence-electron chi connectivity index (χ3n) is 4.70. The highest BCUT2D eigenvalue weighted by molar-refractivity contribution is 5.92. The molecule has 0 bridgehead atoms. The molecule has 1 N–H and O–H groups in total. The van der Waals surface area contributed by atoms with Gasteiger partial charge in [-0.05, 0) is 26.2 Å². The fraction of sp³-hybridized carbons (Fsp3) is 0.700. The number of rotatable bonds is 11. The zero-order valence-corrected chi connectivity index (χ0v) is 16.6. The first kappa shape index (κ1) is 21.3. The van der Waals surface area contributed by atoms with E-state index in [0.717, 1.165) is 38.0 Å². The van der Waals surface area contributed by atoms with Crippen LogP contribution in [-0.2, 0) is 9.53 Å². The minimum absolute atomic E-state index is 0.0216. The summed E-state index contributed by atoms with van der Waals surface area (Å²) in [6.45, 7) is 6.26. The molecule has 2 rings (SSSR count). The number of hydrogen-bond donors (Lipinski definition) is 1. The molecule has 1 fully saturated rings. The molecule has 27 heavy (non-hydrogen) atoms.